The van der Waals surface area contributed by atoms with Gasteiger partial charge in [-0.15, -0.1) is 0 Å². The molecule has 22 heavy (non-hydrogen) atoms. The van der Waals surface area contributed by atoms with Crippen molar-refractivity contribution in [3.8, 4) is 0 Å². The molecule has 4 rings (SSSR count). The summed E-state index contributed by atoms with van der Waals surface area (Å²) in [5.74, 6) is 0.481. The molecule has 5 nitrogen and oxygen atoms in total. The molecule has 0 radical (unpaired) electrons. The minimum Gasteiger partial charge on any atom is -0.345 e. The third-order valence-corrected chi connectivity index (χ3v) is 5.74. The van der Waals surface area contributed by atoms with Gasteiger partial charge in [-0.25, -0.2) is 0 Å². The van der Waals surface area contributed by atoms with Crippen LogP contribution < -0.4 is 16.2 Å². The molecule has 1 aromatic heterocycles. The first-order valence-electron chi connectivity index (χ1n) is 8.46. The van der Waals surface area contributed by atoms with Gasteiger partial charge in [0.05, 0.1) is 5.54 Å². The molecule has 3 aliphatic rings. The number of carbonyl (C=O) groups excluding carboxylic acids is 1. The summed E-state index contributed by atoms with van der Waals surface area (Å²) in [4.78, 5) is 27.7. The van der Waals surface area contributed by atoms with Crippen molar-refractivity contribution < 1.29 is 4.79 Å². The molecule has 0 spiro atoms. The first-order valence-corrected chi connectivity index (χ1v) is 8.46. The average molecular weight is 301 g/mol. The van der Waals surface area contributed by atoms with Crippen LogP contribution in [0.3, 0.4) is 0 Å². The van der Waals surface area contributed by atoms with Crippen molar-refractivity contribution in [2.45, 2.75) is 50.5 Å². The lowest BCUT2D eigenvalue weighted by Gasteiger charge is -2.30. The summed E-state index contributed by atoms with van der Waals surface area (Å²) in [7, 11) is 0. The number of carbonyl (C=O) groups is 1. The van der Waals surface area contributed by atoms with E-state index >= 15 is 0 Å². The predicted octanol–water partition coefficient (Wildman–Crippen LogP) is 1.13. The molecule has 2 heterocycles. The SMILES string of the molecule is O=C(N[C@]12CCC[C@H]1CNC2)c1cc(=O)[nH]c2c1CCCC2. The van der Waals surface area contributed by atoms with E-state index in [0.29, 0.717) is 11.5 Å². The molecular formula is C17H23N3O2. The largest absolute Gasteiger partial charge is 0.345 e. The van der Waals surface area contributed by atoms with Crippen molar-refractivity contribution in [3.63, 3.8) is 0 Å². The monoisotopic (exact) mass is 301 g/mol. The van der Waals surface area contributed by atoms with Crippen LogP contribution in [-0.4, -0.2) is 29.5 Å². The number of hydrogen-bond acceptors (Lipinski definition) is 3. The number of fused-ring (bicyclic) bond motifs is 2. The second-order valence-electron chi connectivity index (χ2n) is 7.04. The maximum atomic E-state index is 12.9. The summed E-state index contributed by atoms with van der Waals surface area (Å²) in [6.07, 6.45) is 7.35. The Morgan fingerprint density at radius 3 is 3.05 bits per heavy atom. The van der Waals surface area contributed by atoms with Gasteiger partial charge in [0.25, 0.3) is 5.91 Å². The highest BCUT2D eigenvalue weighted by Gasteiger charge is 2.47. The topological polar surface area (TPSA) is 74.0 Å². The third kappa shape index (κ3) is 2.19. The third-order valence-electron chi connectivity index (χ3n) is 5.74. The van der Waals surface area contributed by atoms with Crippen molar-refractivity contribution in [3.05, 3.63) is 33.2 Å². The summed E-state index contributed by atoms with van der Waals surface area (Å²) in [6, 6.07) is 1.49. The quantitative estimate of drug-likeness (QED) is 0.766. The van der Waals surface area contributed by atoms with E-state index in [1.54, 1.807) is 0 Å². The standard InChI is InChI=1S/C17H23N3O2/c21-15-8-13(12-5-1-2-6-14(12)19-15)16(22)20-17-7-3-4-11(17)9-18-10-17/h8,11,18H,1-7,9-10H2,(H,19,21)(H,20,22)/t11-,17-/m0/s1. The summed E-state index contributed by atoms with van der Waals surface area (Å²) in [5.41, 5.74) is 2.37. The van der Waals surface area contributed by atoms with E-state index < -0.39 is 0 Å². The molecule has 0 unspecified atom stereocenters. The Morgan fingerprint density at radius 2 is 2.14 bits per heavy atom. The zero-order chi connectivity index (χ0) is 15.2. The second kappa shape index (κ2) is 5.23. The van der Waals surface area contributed by atoms with Crippen molar-refractivity contribution >= 4 is 5.91 Å². The number of rotatable bonds is 2. The van der Waals surface area contributed by atoms with Gasteiger partial charge in [0.15, 0.2) is 0 Å². The number of amides is 1. The number of nitrogens with one attached hydrogen (secondary N) is 3. The molecule has 2 atom stereocenters. The van der Waals surface area contributed by atoms with Crippen LogP contribution in [0, 0.1) is 5.92 Å². The van der Waals surface area contributed by atoms with Gasteiger partial charge in [-0.1, -0.05) is 6.42 Å². The average Bonchev–Trinajstić information content (AvgIpc) is 3.05. The molecule has 1 saturated heterocycles. The molecule has 1 aliphatic heterocycles. The lowest BCUT2D eigenvalue weighted by atomic mass is 9.88. The van der Waals surface area contributed by atoms with Crippen molar-refractivity contribution in [1.82, 2.24) is 15.6 Å². The van der Waals surface area contributed by atoms with Gasteiger partial charge < -0.3 is 15.6 Å². The van der Waals surface area contributed by atoms with E-state index in [1.165, 1.54) is 18.9 Å². The Bertz CT molecular complexity index is 654. The first-order chi connectivity index (χ1) is 10.7. The molecular weight excluding hydrogens is 278 g/mol. The Kier molecular flexibility index (Phi) is 3.33. The summed E-state index contributed by atoms with van der Waals surface area (Å²) >= 11 is 0. The van der Waals surface area contributed by atoms with Gasteiger partial charge in [0, 0.05) is 30.4 Å². The van der Waals surface area contributed by atoms with Crippen LogP contribution in [-0.2, 0) is 12.8 Å². The summed E-state index contributed by atoms with van der Waals surface area (Å²) in [6.45, 7) is 1.85. The molecule has 0 aromatic carbocycles. The molecule has 1 amide bonds. The van der Waals surface area contributed by atoms with Crippen molar-refractivity contribution in [2.75, 3.05) is 13.1 Å². The van der Waals surface area contributed by atoms with Gasteiger partial charge >= 0.3 is 0 Å². The minimum atomic E-state index is -0.157. The lowest BCUT2D eigenvalue weighted by Crippen LogP contribution is -2.52. The zero-order valence-electron chi connectivity index (χ0n) is 12.8. The van der Waals surface area contributed by atoms with Crippen molar-refractivity contribution in [2.24, 2.45) is 5.92 Å². The molecule has 0 bridgehead atoms. The fraction of sp³-hybridized carbons (Fsp3) is 0.647. The summed E-state index contributed by atoms with van der Waals surface area (Å²) in [5, 5.41) is 6.71. The highest BCUT2D eigenvalue weighted by Crippen LogP contribution is 2.38. The zero-order valence-corrected chi connectivity index (χ0v) is 12.8. The number of hydrogen-bond donors (Lipinski definition) is 3. The second-order valence-corrected chi connectivity index (χ2v) is 7.04. The maximum absolute atomic E-state index is 12.9. The van der Waals surface area contributed by atoms with Crippen LogP contribution in [0.25, 0.3) is 0 Å². The fourth-order valence-corrected chi connectivity index (χ4v) is 4.59. The van der Waals surface area contributed by atoms with Crippen LogP contribution in [0.5, 0.6) is 0 Å². The van der Waals surface area contributed by atoms with Crippen LogP contribution in [0.1, 0.15) is 53.7 Å². The smallest absolute Gasteiger partial charge is 0.252 e. The van der Waals surface area contributed by atoms with E-state index in [0.717, 1.165) is 56.5 Å². The Morgan fingerprint density at radius 1 is 1.27 bits per heavy atom. The number of aryl methyl sites for hydroxylation is 1. The highest BCUT2D eigenvalue weighted by molar-refractivity contribution is 5.96. The van der Waals surface area contributed by atoms with Crippen LogP contribution in [0.2, 0.25) is 0 Å². The lowest BCUT2D eigenvalue weighted by molar-refractivity contribution is 0.0892. The summed E-state index contributed by atoms with van der Waals surface area (Å²) < 4.78 is 0. The molecule has 1 saturated carbocycles. The van der Waals surface area contributed by atoms with E-state index in [4.69, 9.17) is 0 Å². The number of aromatic amines is 1. The van der Waals surface area contributed by atoms with Crippen molar-refractivity contribution in [1.29, 1.82) is 0 Å². The molecule has 2 aliphatic carbocycles. The number of aromatic nitrogens is 1. The van der Waals surface area contributed by atoms with Gasteiger partial charge in [0.2, 0.25) is 5.56 Å². The first kappa shape index (κ1) is 14.0. The molecule has 2 fully saturated rings. The highest BCUT2D eigenvalue weighted by atomic mass is 16.2. The fourth-order valence-electron chi connectivity index (χ4n) is 4.59. The minimum absolute atomic E-state index is 0.0557. The van der Waals surface area contributed by atoms with Gasteiger partial charge in [-0.3, -0.25) is 9.59 Å². The Labute approximate surface area is 129 Å². The van der Waals surface area contributed by atoms with E-state index in [2.05, 4.69) is 15.6 Å². The number of pyridine rings is 1. The molecule has 118 valence electrons. The van der Waals surface area contributed by atoms with E-state index in [-0.39, 0.29) is 17.0 Å². The van der Waals surface area contributed by atoms with Crippen LogP contribution in [0.4, 0.5) is 0 Å². The maximum Gasteiger partial charge on any atom is 0.252 e. The van der Waals surface area contributed by atoms with Crippen LogP contribution >= 0.6 is 0 Å². The van der Waals surface area contributed by atoms with Gasteiger partial charge in [-0.05, 0) is 50.0 Å². The number of H-pyrrole nitrogens is 1. The molecule has 3 N–H and O–H groups in total. The van der Waals surface area contributed by atoms with E-state index in [9.17, 15) is 9.59 Å². The predicted molar refractivity (Wildman–Crippen MR) is 84.1 cm³/mol. The Balaban J connectivity index is 1.66. The van der Waals surface area contributed by atoms with Gasteiger partial charge in [-0.2, -0.15) is 0 Å². The van der Waals surface area contributed by atoms with Crippen LogP contribution in [0.15, 0.2) is 10.9 Å². The molecule has 5 heteroatoms. The van der Waals surface area contributed by atoms with Gasteiger partial charge in [0.1, 0.15) is 0 Å². The normalized spacial score (nSPS) is 29.9. The van der Waals surface area contributed by atoms with E-state index in [1.807, 2.05) is 0 Å². The Hall–Kier alpha value is -1.62. The molecule has 1 aromatic rings.